The van der Waals surface area contributed by atoms with Crippen molar-refractivity contribution < 1.29 is 5.11 Å². The van der Waals surface area contributed by atoms with Crippen LogP contribution in [0.1, 0.15) is 24.8 Å². The van der Waals surface area contributed by atoms with Crippen LogP contribution in [0.15, 0.2) is 18.5 Å². The Hall–Kier alpha value is -0.800. The van der Waals surface area contributed by atoms with Gasteiger partial charge in [0.15, 0.2) is 0 Å². The quantitative estimate of drug-likeness (QED) is 0.751. The van der Waals surface area contributed by atoms with Crippen molar-refractivity contribution in [2.75, 3.05) is 6.61 Å². The average Bonchev–Trinajstić information content (AvgIpc) is 2.50. The van der Waals surface area contributed by atoms with E-state index in [-0.39, 0.29) is 12.1 Å². The zero-order valence-electron chi connectivity index (χ0n) is 8.66. The second-order valence-corrected chi connectivity index (χ2v) is 4.33. The van der Waals surface area contributed by atoms with Crippen molar-refractivity contribution in [2.24, 2.45) is 7.05 Å². The first-order valence-electron chi connectivity index (χ1n) is 5.21. The van der Waals surface area contributed by atoms with E-state index in [0.717, 1.165) is 19.4 Å². The van der Waals surface area contributed by atoms with Crippen molar-refractivity contribution >= 4 is 0 Å². The molecule has 14 heavy (non-hydrogen) atoms. The molecule has 1 aliphatic rings. The maximum Gasteiger partial charge on any atom is 0.0613 e. The van der Waals surface area contributed by atoms with Crippen molar-refractivity contribution in [2.45, 2.75) is 31.3 Å². The second kappa shape index (κ2) is 3.75. The molecule has 0 amide bonds. The summed E-state index contributed by atoms with van der Waals surface area (Å²) in [6.45, 7) is 1.13. The average molecular weight is 194 g/mol. The molecular weight excluding hydrogens is 176 g/mol. The Morgan fingerprint density at radius 1 is 1.57 bits per heavy atom. The lowest BCUT2D eigenvalue weighted by Gasteiger charge is -2.41. The fourth-order valence-corrected chi connectivity index (χ4v) is 1.95. The van der Waals surface area contributed by atoms with Gasteiger partial charge < -0.3 is 15.0 Å². The van der Waals surface area contributed by atoms with Crippen molar-refractivity contribution in [3.05, 3.63) is 24.0 Å². The van der Waals surface area contributed by atoms with E-state index >= 15 is 0 Å². The standard InChI is InChI=1S/C11H18N2O/c1-13-6-3-10(8-13)7-12-11(9-14)4-2-5-11/h3,6,8,12,14H,2,4-5,7,9H2,1H3. The molecule has 0 radical (unpaired) electrons. The first-order valence-corrected chi connectivity index (χ1v) is 5.21. The molecule has 1 saturated carbocycles. The number of aryl methyl sites for hydroxylation is 1. The molecule has 1 aliphatic carbocycles. The van der Waals surface area contributed by atoms with Crippen molar-refractivity contribution in [1.29, 1.82) is 0 Å². The highest BCUT2D eigenvalue weighted by Crippen LogP contribution is 2.31. The number of aromatic nitrogens is 1. The SMILES string of the molecule is Cn1ccc(CNC2(CO)CCC2)c1. The van der Waals surface area contributed by atoms with Crippen LogP contribution in [0, 0.1) is 0 Å². The highest BCUT2D eigenvalue weighted by molar-refractivity contribution is 5.11. The minimum atomic E-state index is 0.0237. The molecule has 0 aromatic carbocycles. The van der Waals surface area contributed by atoms with Gasteiger partial charge in [0.25, 0.3) is 0 Å². The van der Waals surface area contributed by atoms with Gasteiger partial charge in [0, 0.05) is 31.5 Å². The van der Waals surface area contributed by atoms with Gasteiger partial charge in [-0.05, 0) is 30.9 Å². The second-order valence-electron chi connectivity index (χ2n) is 4.33. The zero-order chi connectivity index (χ0) is 10.0. The number of nitrogens with one attached hydrogen (secondary N) is 1. The summed E-state index contributed by atoms with van der Waals surface area (Å²) in [5, 5.41) is 12.7. The number of aliphatic hydroxyl groups excluding tert-OH is 1. The van der Waals surface area contributed by atoms with Crippen molar-refractivity contribution in [3.8, 4) is 0 Å². The predicted molar refractivity (Wildman–Crippen MR) is 55.9 cm³/mol. The van der Waals surface area contributed by atoms with Gasteiger partial charge in [0.2, 0.25) is 0 Å². The van der Waals surface area contributed by atoms with Gasteiger partial charge in [-0.2, -0.15) is 0 Å². The number of hydrogen-bond donors (Lipinski definition) is 2. The van der Waals surface area contributed by atoms with E-state index in [1.165, 1.54) is 12.0 Å². The topological polar surface area (TPSA) is 37.2 Å². The Balaban J connectivity index is 1.87. The van der Waals surface area contributed by atoms with E-state index in [2.05, 4.69) is 17.6 Å². The number of hydrogen-bond acceptors (Lipinski definition) is 2. The van der Waals surface area contributed by atoms with Crippen LogP contribution in [0.5, 0.6) is 0 Å². The van der Waals surface area contributed by atoms with Gasteiger partial charge in [0.05, 0.1) is 6.61 Å². The summed E-state index contributed by atoms with van der Waals surface area (Å²) < 4.78 is 2.05. The minimum absolute atomic E-state index is 0.0237. The molecule has 0 saturated heterocycles. The maximum atomic E-state index is 9.25. The van der Waals surface area contributed by atoms with Crippen molar-refractivity contribution in [1.82, 2.24) is 9.88 Å². The summed E-state index contributed by atoms with van der Waals surface area (Å²) in [5.41, 5.74) is 1.31. The molecule has 2 rings (SSSR count). The minimum Gasteiger partial charge on any atom is -0.394 e. The number of rotatable bonds is 4. The fourth-order valence-electron chi connectivity index (χ4n) is 1.95. The normalized spacial score (nSPS) is 19.3. The third-order valence-corrected chi connectivity index (χ3v) is 3.17. The summed E-state index contributed by atoms with van der Waals surface area (Å²) in [4.78, 5) is 0. The largest absolute Gasteiger partial charge is 0.394 e. The van der Waals surface area contributed by atoms with E-state index in [4.69, 9.17) is 0 Å². The Bertz CT molecular complexity index is 296. The van der Waals surface area contributed by atoms with E-state index < -0.39 is 0 Å². The third-order valence-electron chi connectivity index (χ3n) is 3.17. The van der Waals surface area contributed by atoms with Crippen LogP contribution in [-0.2, 0) is 13.6 Å². The Kier molecular flexibility index (Phi) is 2.61. The monoisotopic (exact) mass is 194 g/mol. The predicted octanol–water partition coefficient (Wildman–Crippen LogP) is 1.03. The zero-order valence-corrected chi connectivity index (χ0v) is 8.66. The van der Waals surface area contributed by atoms with Gasteiger partial charge in [-0.15, -0.1) is 0 Å². The highest BCUT2D eigenvalue weighted by atomic mass is 16.3. The lowest BCUT2D eigenvalue weighted by atomic mass is 9.77. The summed E-state index contributed by atoms with van der Waals surface area (Å²) in [6, 6.07) is 2.11. The number of nitrogens with zero attached hydrogens (tertiary/aromatic N) is 1. The molecule has 78 valence electrons. The van der Waals surface area contributed by atoms with E-state index in [1.54, 1.807) is 0 Å². The third kappa shape index (κ3) is 1.83. The maximum absolute atomic E-state index is 9.25. The first-order chi connectivity index (χ1) is 6.74. The van der Waals surface area contributed by atoms with Gasteiger partial charge >= 0.3 is 0 Å². The lowest BCUT2D eigenvalue weighted by molar-refractivity contribution is 0.0872. The van der Waals surface area contributed by atoms with Crippen LogP contribution in [0.3, 0.4) is 0 Å². The van der Waals surface area contributed by atoms with Crippen LogP contribution >= 0.6 is 0 Å². The Labute approximate surface area is 84.7 Å². The molecule has 0 bridgehead atoms. The van der Waals surface area contributed by atoms with Crippen LogP contribution in [0.2, 0.25) is 0 Å². The Morgan fingerprint density at radius 2 is 2.36 bits per heavy atom. The molecule has 3 heteroatoms. The molecule has 3 nitrogen and oxygen atoms in total. The van der Waals surface area contributed by atoms with Crippen LogP contribution in [0.25, 0.3) is 0 Å². The molecule has 0 atom stereocenters. The van der Waals surface area contributed by atoms with Crippen LogP contribution < -0.4 is 5.32 Å². The summed E-state index contributed by atoms with van der Waals surface area (Å²) in [5.74, 6) is 0. The molecule has 0 aliphatic heterocycles. The van der Waals surface area contributed by atoms with E-state index in [1.807, 2.05) is 17.8 Å². The molecule has 1 aromatic heterocycles. The van der Waals surface area contributed by atoms with E-state index in [9.17, 15) is 5.11 Å². The highest BCUT2D eigenvalue weighted by Gasteiger charge is 2.35. The number of aliphatic hydroxyl groups is 1. The van der Waals surface area contributed by atoms with Crippen LogP contribution in [-0.4, -0.2) is 21.8 Å². The van der Waals surface area contributed by atoms with E-state index in [0.29, 0.717) is 0 Å². The van der Waals surface area contributed by atoms with Crippen LogP contribution in [0.4, 0.5) is 0 Å². The molecule has 0 unspecified atom stereocenters. The smallest absolute Gasteiger partial charge is 0.0613 e. The molecule has 1 aromatic rings. The molecule has 1 fully saturated rings. The molecular formula is C11H18N2O. The first kappa shape index (κ1) is 9.74. The van der Waals surface area contributed by atoms with Gasteiger partial charge in [0.1, 0.15) is 0 Å². The summed E-state index contributed by atoms with van der Waals surface area (Å²) >= 11 is 0. The van der Waals surface area contributed by atoms with Gasteiger partial charge in [-0.3, -0.25) is 0 Å². The molecule has 0 spiro atoms. The van der Waals surface area contributed by atoms with Gasteiger partial charge in [-0.25, -0.2) is 0 Å². The molecule has 1 heterocycles. The van der Waals surface area contributed by atoms with Crippen molar-refractivity contribution in [3.63, 3.8) is 0 Å². The summed E-state index contributed by atoms with van der Waals surface area (Å²) in [6.07, 6.45) is 7.61. The Morgan fingerprint density at radius 3 is 2.79 bits per heavy atom. The molecule has 2 N–H and O–H groups in total. The summed E-state index contributed by atoms with van der Waals surface area (Å²) in [7, 11) is 2.02. The lowest BCUT2D eigenvalue weighted by Crippen LogP contribution is -2.53. The van der Waals surface area contributed by atoms with Gasteiger partial charge in [-0.1, -0.05) is 0 Å². The fraction of sp³-hybridized carbons (Fsp3) is 0.636.